The second-order valence-electron chi connectivity index (χ2n) is 1.73. The van der Waals surface area contributed by atoms with Crippen LogP contribution in [0, 0.1) is 0 Å². The first-order valence-electron chi connectivity index (χ1n) is 2.27. The Morgan fingerprint density at radius 1 is 1.75 bits per heavy atom. The fraction of sp³-hybridized carbons (Fsp3) is 0.667. The first kappa shape index (κ1) is 5.17. The molecule has 0 saturated heterocycles. The van der Waals surface area contributed by atoms with Crippen LogP contribution in [-0.4, -0.2) is 29.7 Å². The summed E-state index contributed by atoms with van der Waals surface area (Å²) in [6, 6.07) is 0. The van der Waals surface area contributed by atoms with Gasteiger partial charge in [0.05, 0.1) is 0 Å². The summed E-state index contributed by atoms with van der Waals surface area (Å²) in [5.74, 6) is 5.67. The molecule has 4 N–H and O–H groups in total. The van der Waals surface area contributed by atoms with Crippen LogP contribution in [0.4, 0.5) is 0 Å². The molecule has 0 bridgehead atoms. The fourth-order valence-corrected chi connectivity index (χ4v) is 0.557. The minimum Gasteiger partial charge on any atom is -0.367 e. The molecule has 0 aromatic heterocycles. The van der Waals surface area contributed by atoms with Gasteiger partial charge < -0.3 is 5.73 Å². The normalized spacial score (nSPS) is 19.5. The third-order valence-electron chi connectivity index (χ3n) is 0.924. The van der Waals surface area contributed by atoms with Crippen molar-refractivity contribution in [3.63, 3.8) is 0 Å². The Labute approximate surface area is 47.5 Å². The summed E-state index contributed by atoms with van der Waals surface area (Å²) < 4.78 is 0. The SMILES string of the molecule is CN1CN(N)C(N)=N1. The Balaban J connectivity index is 2.59. The molecule has 1 rings (SSSR count). The van der Waals surface area contributed by atoms with E-state index in [1.165, 1.54) is 5.01 Å². The lowest BCUT2D eigenvalue weighted by Crippen LogP contribution is -2.40. The lowest BCUT2D eigenvalue weighted by molar-refractivity contribution is 0.280. The first-order chi connectivity index (χ1) is 3.70. The van der Waals surface area contributed by atoms with Gasteiger partial charge in [-0.25, -0.2) is 5.84 Å². The van der Waals surface area contributed by atoms with E-state index in [4.69, 9.17) is 11.6 Å². The number of hydrazine groups is 1. The molecule has 0 amide bonds. The molecule has 46 valence electrons. The highest BCUT2D eigenvalue weighted by atomic mass is 15.7. The molecule has 8 heavy (non-hydrogen) atoms. The predicted molar refractivity (Wildman–Crippen MR) is 30.3 cm³/mol. The minimum atomic E-state index is 0.368. The maximum atomic E-state index is 5.30. The van der Waals surface area contributed by atoms with E-state index in [2.05, 4.69) is 5.10 Å². The van der Waals surface area contributed by atoms with Crippen LogP contribution in [0.25, 0.3) is 0 Å². The van der Waals surface area contributed by atoms with Crippen LogP contribution >= 0.6 is 0 Å². The largest absolute Gasteiger partial charge is 0.367 e. The van der Waals surface area contributed by atoms with Crippen LogP contribution < -0.4 is 11.6 Å². The Bertz CT molecular complexity index is 119. The van der Waals surface area contributed by atoms with Crippen molar-refractivity contribution in [3.05, 3.63) is 0 Å². The summed E-state index contributed by atoms with van der Waals surface area (Å²) in [7, 11) is 1.81. The van der Waals surface area contributed by atoms with Crippen molar-refractivity contribution in [1.82, 2.24) is 10.0 Å². The average molecular weight is 115 g/mol. The standard InChI is InChI=1S/C3H9N5/c1-7-2-8(5)3(4)6-7/h2,5H2,1H3,(H2,4,6). The van der Waals surface area contributed by atoms with Crippen molar-refractivity contribution in [2.24, 2.45) is 16.7 Å². The second-order valence-corrected chi connectivity index (χ2v) is 1.73. The quantitative estimate of drug-likeness (QED) is 0.369. The molecular weight excluding hydrogens is 106 g/mol. The number of hydrazone groups is 1. The number of nitrogens with two attached hydrogens (primary N) is 2. The van der Waals surface area contributed by atoms with Crippen LogP contribution in [0.1, 0.15) is 0 Å². The van der Waals surface area contributed by atoms with E-state index in [9.17, 15) is 0 Å². The Hall–Kier alpha value is -0.970. The van der Waals surface area contributed by atoms with Crippen molar-refractivity contribution < 1.29 is 0 Å². The zero-order valence-electron chi connectivity index (χ0n) is 4.70. The number of rotatable bonds is 0. The van der Waals surface area contributed by atoms with Crippen LogP contribution in [0.15, 0.2) is 5.10 Å². The smallest absolute Gasteiger partial charge is 0.229 e. The van der Waals surface area contributed by atoms with Gasteiger partial charge in [-0.15, -0.1) is 5.10 Å². The van der Waals surface area contributed by atoms with Gasteiger partial charge in [-0.05, 0) is 0 Å². The van der Waals surface area contributed by atoms with E-state index in [0.29, 0.717) is 12.6 Å². The molecule has 1 aliphatic rings. The van der Waals surface area contributed by atoms with Crippen LogP contribution in [0.2, 0.25) is 0 Å². The highest BCUT2D eigenvalue weighted by Gasteiger charge is 2.12. The van der Waals surface area contributed by atoms with Crippen molar-refractivity contribution >= 4 is 5.96 Å². The van der Waals surface area contributed by atoms with Gasteiger partial charge in [0, 0.05) is 7.05 Å². The summed E-state index contributed by atoms with van der Waals surface area (Å²) >= 11 is 0. The van der Waals surface area contributed by atoms with Gasteiger partial charge in [-0.2, -0.15) is 0 Å². The van der Waals surface area contributed by atoms with Gasteiger partial charge in [-0.1, -0.05) is 0 Å². The fourth-order valence-electron chi connectivity index (χ4n) is 0.557. The number of hydrogen-bond donors (Lipinski definition) is 2. The second kappa shape index (κ2) is 1.52. The van der Waals surface area contributed by atoms with Crippen molar-refractivity contribution in [3.8, 4) is 0 Å². The number of nitrogens with zero attached hydrogens (tertiary/aromatic N) is 3. The average Bonchev–Trinajstić information content (AvgIpc) is 1.85. The van der Waals surface area contributed by atoms with Crippen LogP contribution in [0.5, 0.6) is 0 Å². The van der Waals surface area contributed by atoms with Crippen molar-refractivity contribution in [1.29, 1.82) is 0 Å². The predicted octanol–water partition coefficient (Wildman–Crippen LogP) is -1.71. The molecular formula is C3H9N5. The molecule has 0 saturated carbocycles. The molecule has 0 aromatic carbocycles. The summed E-state index contributed by atoms with van der Waals surface area (Å²) in [6.07, 6.45) is 0. The Kier molecular flexibility index (Phi) is 0.980. The maximum Gasteiger partial charge on any atom is 0.229 e. The van der Waals surface area contributed by atoms with Crippen molar-refractivity contribution in [2.75, 3.05) is 13.7 Å². The lowest BCUT2D eigenvalue weighted by atomic mass is 10.9. The van der Waals surface area contributed by atoms with Crippen molar-refractivity contribution in [2.45, 2.75) is 0 Å². The molecule has 0 radical (unpaired) electrons. The maximum absolute atomic E-state index is 5.30. The number of hydrogen-bond acceptors (Lipinski definition) is 5. The minimum absolute atomic E-state index is 0.368. The topological polar surface area (TPSA) is 70.9 Å². The molecule has 0 atom stereocenters. The van der Waals surface area contributed by atoms with Gasteiger partial charge in [0.15, 0.2) is 0 Å². The molecule has 1 aliphatic heterocycles. The lowest BCUT2D eigenvalue weighted by Gasteiger charge is -2.08. The van der Waals surface area contributed by atoms with Gasteiger partial charge >= 0.3 is 0 Å². The Morgan fingerprint density at radius 2 is 2.38 bits per heavy atom. The highest BCUT2D eigenvalue weighted by molar-refractivity contribution is 5.78. The van der Waals surface area contributed by atoms with Gasteiger partial charge in [-0.3, -0.25) is 10.0 Å². The molecule has 0 fully saturated rings. The van der Waals surface area contributed by atoms with E-state index >= 15 is 0 Å². The van der Waals surface area contributed by atoms with Gasteiger partial charge in [0.25, 0.3) is 0 Å². The molecule has 0 aromatic rings. The summed E-state index contributed by atoms with van der Waals surface area (Å²) in [5.41, 5.74) is 5.28. The van der Waals surface area contributed by atoms with Crippen LogP contribution in [-0.2, 0) is 0 Å². The third-order valence-corrected chi connectivity index (χ3v) is 0.924. The van der Waals surface area contributed by atoms with Gasteiger partial charge in [0.2, 0.25) is 5.96 Å². The van der Waals surface area contributed by atoms with E-state index in [-0.39, 0.29) is 0 Å². The van der Waals surface area contributed by atoms with E-state index in [1.807, 2.05) is 0 Å². The summed E-state index contributed by atoms with van der Waals surface area (Å²) in [6.45, 7) is 0.575. The van der Waals surface area contributed by atoms with E-state index < -0.39 is 0 Å². The third kappa shape index (κ3) is 0.671. The highest BCUT2D eigenvalue weighted by Crippen LogP contribution is 1.94. The molecule has 0 spiro atoms. The first-order valence-corrected chi connectivity index (χ1v) is 2.27. The van der Waals surface area contributed by atoms with E-state index in [0.717, 1.165) is 0 Å². The van der Waals surface area contributed by atoms with Crippen LogP contribution in [0.3, 0.4) is 0 Å². The monoisotopic (exact) mass is 115 g/mol. The molecule has 5 nitrogen and oxygen atoms in total. The molecule has 0 unspecified atom stereocenters. The zero-order chi connectivity index (χ0) is 6.15. The summed E-state index contributed by atoms with van der Waals surface area (Å²) in [5, 5.41) is 6.84. The molecule has 0 aliphatic carbocycles. The summed E-state index contributed by atoms with van der Waals surface area (Å²) in [4.78, 5) is 0. The van der Waals surface area contributed by atoms with E-state index in [1.54, 1.807) is 12.1 Å². The molecule has 5 heteroatoms. The Morgan fingerprint density at radius 3 is 2.50 bits per heavy atom. The molecule has 1 heterocycles. The zero-order valence-corrected chi connectivity index (χ0v) is 4.70. The van der Waals surface area contributed by atoms with Gasteiger partial charge in [0.1, 0.15) is 6.67 Å². The number of guanidine groups is 1.